The monoisotopic (exact) mass is 456 g/mol. The summed E-state index contributed by atoms with van der Waals surface area (Å²) in [7, 11) is 0. The van der Waals surface area contributed by atoms with Crippen molar-refractivity contribution in [3.05, 3.63) is 101 Å². The van der Waals surface area contributed by atoms with E-state index in [0.29, 0.717) is 27.9 Å². The molecular weight excluding hydrogens is 436 g/mol. The molecule has 3 aromatic rings. The molecule has 0 aromatic heterocycles. The maximum absolute atomic E-state index is 12.5. The van der Waals surface area contributed by atoms with E-state index in [9.17, 15) is 24.0 Å². The Bertz CT molecular complexity index is 1260. The van der Waals surface area contributed by atoms with Crippen LogP contribution in [0.4, 0.5) is 5.69 Å². The molecule has 34 heavy (non-hydrogen) atoms. The number of carbonyl (C=O) groups is 5. The van der Waals surface area contributed by atoms with Crippen LogP contribution in [-0.2, 0) is 16.1 Å². The smallest absolute Gasteiger partial charge is 0.338 e. The number of amides is 3. The van der Waals surface area contributed by atoms with Crippen molar-refractivity contribution in [3.8, 4) is 0 Å². The van der Waals surface area contributed by atoms with Crippen LogP contribution >= 0.6 is 0 Å². The van der Waals surface area contributed by atoms with Crippen LogP contribution in [0.15, 0.2) is 72.8 Å². The Morgan fingerprint density at radius 3 is 1.91 bits per heavy atom. The van der Waals surface area contributed by atoms with Gasteiger partial charge in [0.1, 0.15) is 0 Å². The standard InChI is InChI=1S/C26H20N2O6/c1-16(29)27-20-12-10-18(11-13-20)23(30)15-34-26(33)19-8-6-17(7-9-19)14-28-24(31)21-4-2-3-5-22(21)25(28)32/h2-13H,14-15H2,1H3,(H,27,29). The topological polar surface area (TPSA) is 110 Å². The van der Waals surface area contributed by atoms with Gasteiger partial charge in [0.15, 0.2) is 12.4 Å². The number of ketones is 1. The second-order valence-electron chi connectivity index (χ2n) is 7.70. The first-order chi connectivity index (χ1) is 16.3. The molecule has 3 aromatic carbocycles. The zero-order chi connectivity index (χ0) is 24.2. The van der Waals surface area contributed by atoms with Gasteiger partial charge in [-0.05, 0) is 54.1 Å². The Hall–Kier alpha value is -4.59. The van der Waals surface area contributed by atoms with E-state index in [-0.39, 0.29) is 35.6 Å². The number of ether oxygens (including phenoxy) is 1. The number of nitrogens with zero attached hydrogens (tertiary/aromatic N) is 1. The van der Waals surface area contributed by atoms with Gasteiger partial charge in [0, 0.05) is 18.2 Å². The third kappa shape index (κ3) is 4.75. The number of rotatable bonds is 7. The van der Waals surface area contributed by atoms with E-state index in [2.05, 4.69) is 5.32 Å². The van der Waals surface area contributed by atoms with Gasteiger partial charge >= 0.3 is 5.97 Å². The fourth-order valence-corrected chi connectivity index (χ4v) is 3.55. The molecule has 0 bridgehead atoms. The van der Waals surface area contributed by atoms with Crippen molar-refractivity contribution in [2.45, 2.75) is 13.5 Å². The molecule has 0 saturated carbocycles. The van der Waals surface area contributed by atoms with Gasteiger partial charge in [-0.3, -0.25) is 24.1 Å². The maximum Gasteiger partial charge on any atom is 0.338 e. The second kappa shape index (κ2) is 9.50. The normalized spacial score (nSPS) is 12.3. The predicted octanol–water partition coefficient (Wildman–Crippen LogP) is 3.48. The van der Waals surface area contributed by atoms with Gasteiger partial charge in [0.2, 0.25) is 5.91 Å². The summed E-state index contributed by atoms with van der Waals surface area (Å²) in [6, 6.07) is 19.2. The Labute approximate surface area is 195 Å². The highest BCUT2D eigenvalue weighted by Gasteiger charge is 2.34. The minimum atomic E-state index is -0.671. The average Bonchev–Trinajstić information content (AvgIpc) is 3.08. The fraction of sp³-hybridized carbons (Fsp3) is 0.115. The Kier molecular flexibility index (Phi) is 6.31. The Morgan fingerprint density at radius 2 is 1.35 bits per heavy atom. The summed E-state index contributed by atoms with van der Waals surface area (Å²) in [4.78, 5) is 61.8. The number of benzene rings is 3. The van der Waals surface area contributed by atoms with E-state index in [1.807, 2.05) is 0 Å². The molecule has 8 heteroatoms. The van der Waals surface area contributed by atoms with Gasteiger partial charge in [0.05, 0.1) is 23.2 Å². The number of fused-ring (bicyclic) bond motifs is 1. The van der Waals surface area contributed by atoms with Crippen LogP contribution in [-0.4, -0.2) is 41.0 Å². The van der Waals surface area contributed by atoms with Gasteiger partial charge in [-0.1, -0.05) is 24.3 Å². The molecule has 1 N–H and O–H groups in total. The van der Waals surface area contributed by atoms with Crippen molar-refractivity contribution in [1.82, 2.24) is 4.90 Å². The largest absolute Gasteiger partial charge is 0.454 e. The lowest BCUT2D eigenvalue weighted by Crippen LogP contribution is -2.29. The van der Waals surface area contributed by atoms with Crippen molar-refractivity contribution < 1.29 is 28.7 Å². The van der Waals surface area contributed by atoms with E-state index < -0.39 is 12.6 Å². The number of esters is 1. The van der Waals surface area contributed by atoms with Crippen LogP contribution < -0.4 is 5.32 Å². The SMILES string of the molecule is CC(=O)Nc1ccc(C(=O)COC(=O)c2ccc(CN3C(=O)c4ccccc4C3=O)cc2)cc1. The zero-order valence-electron chi connectivity index (χ0n) is 18.2. The van der Waals surface area contributed by atoms with Crippen molar-refractivity contribution >= 4 is 35.2 Å². The van der Waals surface area contributed by atoms with Gasteiger partial charge in [0.25, 0.3) is 11.8 Å². The van der Waals surface area contributed by atoms with Crippen LogP contribution in [0.25, 0.3) is 0 Å². The number of Topliss-reactive ketones (excluding diaryl/α,β-unsaturated/α-hetero) is 1. The van der Waals surface area contributed by atoms with E-state index in [4.69, 9.17) is 4.74 Å². The molecule has 0 spiro atoms. The predicted molar refractivity (Wildman–Crippen MR) is 122 cm³/mol. The van der Waals surface area contributed by atoms with Crippen molar-refractivity contribution in [2.75, 3.05) is 11.9 Å². The van der Waals surface area contributed by atoms with Crippen molar-refractivity contribution in [2.24, 2.45) is 0 Å². The maximum atomic E-state index is 12.5. The molecule has 0 saturated heterocycles. The lowest BCUT2D eigenvalue weighted by atomic mass is 10.1. The molecule has 0 unspecified atom stereocenters. The minimum absolute atomic E-state index is 0.0780. The summed E-state index contributed by atoms with van der Waals surface area (Å²) in [6.07, 6.45) is 0. The summed E-state index contributed by atoms with van der Waals surface area (Å²) < 4.78 is 5.11. The summed E-state index contributed by atoms with van der Waals surface area (Å²) in [5.74, 6) is -1.98. The van der Waals surface area contributed by atoms with E-state index in [1.165, 1.54) is 31.2 Å². The Morgan fingerprint density at radius 1 is 0.794 bits per heavy atom. The highest BCUT2D eigenvalue weighted by molar-refractivity contribution is 6.21. The number of nitrogens with one attached hydrogen (secondary N) is 1. The third-order valence-corrected chi connectivity index (χ3v) is 5.27. The van der Waals surface area contributed by atoms with Crippen molar-refractivity contribution in [1.29, 1.82) is 0 Å². The van der Waals surface area contributed by atoms with Crippen LogP contribution in [0.1, 0.15) is 53.9 Å². The molecule has 0 aliphatic carbocycles. The average molecular weight is 456 g/mol. The Balaban J connectivity index is 1.33. The molecule has 170 valence electrons. The number of carbonyl (C=O) groups excluding carboxylic acids is 5. The first-order valence-electron chi connectivity index (χ1n) is 10.5. The number of hydrogen-bond acceptors (Lipinski definition) is 6. The zero-order valence-corrected chi connectivity index (χ0v) is 18.2. The number of hydrogen-bond donors (Lipinski definition) is 1. The fourth-order valence-electron chi connectivity index (χ4n) is 3.55. The number of anilines is 1. The van der Waals surface area contributed by atoms with Crippen LogP contribution in [0.3, 0.4) is 0 Å². The van der Waals surface area contributed by atoms with Crippen molar-refractivity contribution in [3.63, 3.8) is 0 Å². The molecule has 0 atom stereocenters. The summed E-state index contributed by atoms with van der Waals surface area (Å²) in [5, 5.41) is 2.60. The molecule has 8 nitrogen and oxygen atoms in total. The highest BCUT2D eigenvalue weighted by atomic mass is 16.5. The van der Waals surface area contributed by atoms with Crippen LogP contribution in [0, 0.1) is 0 Å². The molecule has 1 aliphatic heterocycles. The summed E-state index contributed by atoms with van der Waals surface area (Å²) in [6.45, 7) is 1.03. The minimum Gasteiger partial charge on any atom is -0.454 e. The van der Waals surface area contributed by atoms with E-state index in [1.54, 1.807) is 48.5 Å². The summed E-state index contributed by atoms with van der Waals surface area (Å²) >= 11 is 0. The van der Waals surface area contributed by atoms with Crippen LogP contribution in [0.5, 0.6) is 0 Å². The summed E-state index contributed by atoms with van der Waals surface area (Å²) in [5.41, 5.74) is 2.56. The van der Waals surface area contributed by atoms with Crippen LogP contribution in [0.2, 0.25) is 0 Å². The first-order valence-corrected chi connectivity index (χ1v) is 10.5. The molecular formula is C26H20N2O6. The van der Waals surface area contributed by atoms with E-state index >= 15 is 0 Å². The lowest BCUT2D eigenvalue weighted by molar-refractivity contribution is -0.114. The molecule has 1 aliphatic rings. The lowest BCUT2D eigenvalue weighted by Gasteiger charge is -2.14. The molecule has 0 fully saturated rings. The quantitative estimate of drug-likeness (QED) is 0.331. The van der Waals surface area contributed by atoms with E-state index in [0.717, 1.165) is 4.90 Å². The van der Waals surface area contributed by atoms with Gasteiger partial charge in [-0.2, -0.15) is 0 Å². The first kappa shape index (κ1) is 22.6. The molecule has 4 rings (SSSR count). The second-order valence-corrected chi connectivity index (χ2v) is 7.70. The molecule has 3 amide bonds. The highest BCUT2D eigenvalue weighted by Crippen LogP contribution is 2.24. The number of imide groups is 1. The molecule has 1 heterocycles. The molecule has 0 radical (unpaired) electrons. The van der Waals surface area contributed by atoms with Gasteiger partial charge in [-0.15, -0.1) is 0 Å². The van der Waals surface area contributed by atoms with Gasteiger partial charge in [-0.25, -0.2) is 4.79 Å². The third-order valence-electron chi connectivity index (χ3n) is 5.27. The van der Waals surface area contributed by atoms with Gasteiger partial charge < -0.3 is 10.1 Å².